The summed E-state index contributed by atoms with van der Waals surface area (Å²) in [5, 5.41) is 0. The molecule has 1 amide bonds. The molecule has 0 saturated carbocycles. The van der Waals surface area contributed by atoms with Gasteiger partial charge in [-0.2, -0.15) is 13.2 Å². The third-order valence-corrected chi connectivity index (χ3v) is 2.89. The van der Waals surface area contributed by atoms with E-state index >= 15 is 0 Å². The number of hydrogen-bond acceptors (Lipinski definition) is 2. The summed E-state index contributed by atoms with van der Waals surface area (Å²) < 4.78 is 43.5. The molecule has 0 aliphatic carbocycles. The Bertz CT molecular complexity index is 459. The zero-order valence-electron chi connectivity index (χ0n) is 9.70. The lowest BCUT2D eigenvalue weighted by molar-refractivity contribution is -0.139. The number of amides is 1. The van der Waals surface area contributed by atoms with Gasteiger partial charge in [0.05, 0.1) is 5.56 Å². The van der Waals surface area contributed by atoms with Gasteiger partial charge in [0.25, 0.3) is 0 Å². The van der Waals surface area contributed by atoms with Crippen molar-refractivity contribution in [3.8, 4) is 0 Å². The highest BCUT2D eigenvalue weighted by atomic mass is 19.4. The number of ether oxygens (including phenoxy) is 1. The van der Waals surface area contributed by atoms with Crippen LogP contribution in [0.4, 0.5) is 18.0 Å². The highest BCUT2D eigenvalue weighted by molar-refractivity contribution is 5.68. The maximum Gasteiger partial charge on any atom is 0.416 e. The van der Waals surface area contributed by atoms with Crippen molar-refractivity contribution in [3.63, 3.8) is 0 Å². The second-order valence-electron chi connectivity index (χ2n) is 4.17. The van der Waals surface area contributed by atoms with Crippen molar-refractivity contribution < 1.29 is 22.7 Å². The summed E-state index contributed by atoms with van der Waals surface area (Å²) in [6.45, 7) is 0.385. The lowest BCUT2D eigenvalue weighted by atomic mass is 9.99. The van der Waals surface area contributed by atoms with Crippen molar-refractivity contribution >= 4 is 6.09 Å². The summed E-state index contributed by atoms with van der Waals surface area (Å²) in [4.78, 5) is 12.7. The lowest BCUT2D eigenvalue weighted by Gasteiger charge is -2.30. The Kier molecular flexibility index (Phi) is 3.19. The normalized spacial score (nSPS) is 20.8. The topological polar surface area (TPSA) is 29.5 Å². The highest BCUT2D eigenvalue weighted by Crippen LogP contribution is 2.37. The van der Waals surface area contributed by atoms with Gasteiger partial charge in [0.15, 0.2) is 0 Å². The van der Waals surface area contributed by atoms with E-state index in [1.165, 1.54) is 23.1 Å². The first kappa shape index (κ1) is 12.7. The predicted octanol–water partition coefficient (Wildman–Crippen LogP) is 3.22. The van der Waals surface area contributed by atoms with Crippen LogP contribution >= 0.6 is 0 Å². The Hall–Kier alpha value is -1.72. The Morgan fingerprint density at radius 2 is 2.00 bits per heavy atom. The maximum atomic E-state index is 12.8. The maximum absolute atomic E-state index is 12.8. The van der Waals surface area contributed by atoms with Crippen LogP contribution in [0.25, 0.3) is 0 Å². The van der Waals surface area contributed by atoms with Crippen LogP contribution in [0.3, 0.4) is 0 Å². The van der Waals surface area contributed by atoms with Crippen LogP contribution < -0.4 is 0 Å². The van der Waals surface area contributed by atoms with Crippen LogP contribution in [-0.4, -0.2) is 24.6 Å². The van der Waals surface area contributed by atoms with Gasteiger partial charge in [-0.1, -0.05) is 18.2 Å². The van der Waals surface area contributed by atoms with Crippen molar-refractivity contribution in [2.45, 2.75) is 18.7 Å². The number of cyclic esters (lactones) is 1. The van der Waals surface area contributed by atoms with E-state index in [-0.39, 0.29) is 5.56 Å². The van der Waals surface area contributed by atoms with Gasteiger partial charge < -0.3 is 9.64 Å². The number of benzene rings is 1. The molecule has 0 aromatic heterocycles. The van der Waals surface area contributed by atoms with Crippen LogP contribution in [0, 0.1) is 0 Å². The first-order chi connectivity index (χ1) is 8.39. The fraction of sp³-hybridized carbons (Fsp3) is 0.417. The van der Waals surface area contributed by atoms with Crippen LogP contribution in [0.2, 0.25) is 0 Å². The third-order valence-electron chi connectivity index (χ3n) is 2.89. The smallest absolute Gasteiger partial charge is 0.416 e. The molecule has 1 aromatic carbocycles. The Balaban J connectivity index is 2.32. The average molecular weight is 259 g/mol. The number of carbonyl (C=O) groups is 1. The monoisotopic (exact) mass is 259 g/mol. The summed E-state index contributed by atoms with van der Waals surface area (Å²) in [7, 11) is 1.55. The number of carbonyl (C=O) groups excluding carboxylic acids is 1. The van der Waals surface area contributed by atoms with Gasteiger partial charge in [-0.05, 0) is 6.07 Å². The molecule has 1 saturated heterocycles. The molecule has 1 aliphatic heterocycles. The molecule has 1 aromatic rings. The standard InChI is InChI=1S/C12H12F3NO2/c1-16-7-6-10(18-11(16)17)8-4-2-3-5-9(8)12(13,14)15/h2-5,10H,6-7H2,1H3/t10-/m0/s1. The van der Waals surface area contributed by atoms with Gasteiger partial charge in [0, 0.05) is 25.6 Å². The van der Waals surface area contributed by atoms with Crippen LogP contribution in [-0.2, 0) is 10.9 Å². The molecule has 98 valence electrons. The van der Waals surface area contributed by atoms with Gasteiger partial charge in [-0.25, -0.2) is 4.79 Å². The molecule has 18 heavy (non-hydrogen) atoms. The Labute approximate surface area is 102 Å². The minimum Gasteiger partial charge on any atom is -0.441 e. The summed E-state index contributed by atoms with van der Waals surface area (Å²) in [6.07, 6.45) is -5.50. The minimum absolute atomic E-state index is 0.0199. The molecule has 1 aliphatic rings. The van der Waals surface area contributed by atoms with Gasteiger partial charge in [-0.15, -0.1) is 0 Å². The molecule has 2 rings (SSSR count). The Morgan fingerprint density at radius 1 is 1.33 bits per heavy atom. The fourth-order valence-corrected chi connectivity index (χ4v) is 1.93. The van der Waals surface area contributed by atoms with E-state index in [4.69, 9.17) is 4.74 Å². The molecule has 0 spiro atoms. The molecule has 6 heteroatoms. The van der Waals surface area contributed by atoms with Crippen molar-refractivity contribution in [1.82, 2.24) is 4.90 Å². The first-order valence-corrected chi connectivity index (χ1v) is 5.47. The predicted molar refractivity (Wildman–Crippen MR) is 57.9 cm³/mol. The van der Waals surface area contributed by atoms with Gasteiger partial charge in [0.1, 0.15) is 6.10 Å². The summed E-state index contributed by atoms with van der Waals surface area (Å²) >= 11 is 0. The van der Waals surface area contributed by atoms with Crippen LogP contribution in [0.1, 0.15) is 23.7 Å². The van der Waals surface area contributed by atoms with Crippen molar-refractivity contribution in [1.29, 1.82) is 0 Å². The largest absolute Gasteiger partial charge is 0.441 e. The summed E-state index contributed by atoms with van der Waals surface area (Å²) in [5.74, 6) is 0. The molecular formula is C12H12F3NO2. The van der Waals surface area contributed by atoms with Crippen molar-refractivity contribution in [2.24, 2.45) is 0 Å². The van der Waals surface area contributed by atoms with E-state index in [1.54, 1.807) is 7.05 Å². The molecule has 3 nitrogen and oxygen atoms in total. The minimum atomic E-state index is -4.44. The van der Waals surface area contributed by atoms with E-state index in [0.29, 0.717) is 13.0 Å². The van der Waals surface area contributed by atoms with E-state index in [1.807, 2.05) is 0 Å². The molecule has 0 bridgehead atoms. The second kappa shape index (κ2) is 4.51. The van der Waals surface area contributed by atoms with Crippen molar-refractivity contribution in [2.75, 3.05) is 13.6 Å². The molecule has 1 heterocycles. The van der Waals surface area contributed by atoms with E-state index < -0.39 is 23.9 Å². The van der Waals surface area contributed by atoms with E-state index in [0.717, 1.165) is 6.07 Å². The quantitative estimate of drug-likeness (QED) is 0.775. The fourth-order valence-electron chi connectivity index (χ4n) is 1.93. The number of halogens is 3. The van der Waals surface area contributed by atoms with Gasteiger partial charge in [-0.3, -0.25) is 0 Å². The van der Waals surface area contributed by atoms with E-state index in [2.05, 4.69) is 0 Å². The molecule has 1 fully saturated rings. The second-order valence-corrected chi connectivity index (χ2v) is 4.17. The molecule has 0 unspecified atom stereocenters. The zero-order chi connectivity index (χ0) is 13.3. The Morgan fingerprint density at radius 3 is 2.61 bits per heavy atom. The highest BCUT2D eigenvalue weighted by Gasteiger charge is 2.37. The van der Waals surface area contributed by atoms with Gasteiger partial charge in [0.2, 0.25) is 0 Å². The third kappa shape index (κ3) is 2.42. The molecule has 0 N–H and O–H groups in total. The lowest BCUT2D eigenvalue weighted by Crippen LogP contribution is -2.36. The molecular weight excluding hydrogens is 247 g/mol. The first-order valence-electron chi connectivity index (χ1n) is 5.47. The van der Waals surface area contributed by atoms with Crippen LogP contribution in [0.15, 0.2) is 24.3 Å². The summed E-state index contributed by atoms with van der Waals surface area (Å²) in [6, 6.07) is 5.19. The zero-order valence-corrected chi connectivity index (χ0v) is 9.70. The summed E-state index contributed by atoms with van der Waals surface area (Å²) in [5.41, 5.74) is -0.723. The number of nitrogens with zero attached hydrogens (tertiary/aromatic N) is 1. The van der Waals surface area contributed by atoms with Crippen molar-refractivity contribution in [3.05, 3.63) is 35.4 Å². The van der Waals surface area contributed by atoms with Crippen LogP contribution in [0.5, 0.6) is 0 Å². The average Bonchev–Trinajstić information content (AvgIpc) is 2.32. The number of rotatable bonds is 1. The van der Waals surface area contributed by atoms with E-state index in [9.17, 15) is 18.0 Å². The van der Waals surface area contributed by atoms with Gasteiger partial charge >= 0.3 is 12.3 Å². The SMILES string of the molecule is CN1CC[C@@H](c2ccccc2C(F)(F)F)OC1=O. The molecule has 0 radical (unpaired) electrons. The number of hydrogen-bond donors (Lipinski definition) is 0. The number of alkyl halides is 3. The molecule has 1 atom stereocenters.